The smallest absolute Gasteiger partial charge is 0.232 e. The average molecular weight is 432 g/mol. The maximum absolute atomic E-state index is 12.5. The lowest BCUT2D eigenvalue weighted by molar-refractivity contribution is -0.137. The van der Waals surface area contributed by atoms with Gasteiger partial charge in [0.15, 0.2) is 11.5 Å². The Morgan fingerprint density at radius 3 is 2.83 bits per heavy atom. The molecule has 2 heterocycles. The predicted molar refractivity (Wildman–Crippen MR) is 114 cm³/mol. The average Bonchev–Trinajstić information content (AvgIpc) is 3.26. The van der Waals surface area contributed by atoms with Crippen LogP contribution in [0.15, 0.2) is 48.5 Å². The van der Waals surface area contributed by atoms with Gasteiger partial charge in [-0.15, -0.1) is 11.8 Å². The Morgan fingerprint density at radius 2 is 1.93 bits per heavy atom. The molecule has 0 saturated carbocycles. The number of carbonyl (C=O) groups excluding carboxylic acids is 1. The second kappa shape index (κ2) is 10.4. The van der Waals surface area contributed by atoms with Crippen LogP contribution in [0, 0.1) is 0 Å². The third kappa shape index (κ3) is 5.73. The molecule has 0 radical (unpaired) electrons. The molecular formula is C22H25NO6S. The highest BCUT2D eigenvalue weighted by molar-refractivity contribution is 7.99. The molecule has 160 valence electrons. The van der Waals surface area contributed by atoms with E-state index in [0.717, 1.165) is 17.3 Å². The minimum absolute atomic E-state index is 0.121. The monoisotopic (exact) mass is 431 g/mol. The van der Waals surface area contributed by atoms with Crippen LogP contribution in [0.3, 0.4) is 0 Å². The minimum atomic E-state index is -0.153. The molecule has 2 aromatic carbocycles. The number of ether oxygens (including phenoxy) is 5. The van der Waals surface area contributed by atoms with E-state index in [1.807, 2.05) is 53.4 Å². The van der Waals surface area contributed by atoms with Gasteiger partial charge in [0.1, 0.15) is 24.2 Å². The van der Waals surface area contributed by atoms with Gasteiger partial charge in [-0.05, 0) is 24.3 Å². The van der Waals surface area contributed by atoms with Crippen molar-refractivity contribution in [3.8, 4) is 23.0 Å². The number of hydrogen-bond acceptors (Lipinski definition) is 7. The van der Waals surface area contributed by atoms with Crippen LogP contribution in [0.2, 0.25) is 0 Å². The molecule has 30 heavy (non-hydrogen) atoms. The molecule has 7 nitrogen and oxygen atoms in total. The normalized spacial score (nSPS) is 17.6. The van der Waals surface area contributed by atoms with Crippen molar-refractivity contribution in [1.82, 2.24) is 4.90 Å². The van der Waals surface area contributed by atoms with Gasteiger partial charge in [0.25, 0.3) is 0 Å². The Morgan fingerprint density at radius 1 is 1.07 bits per heavy atom. The number of thioether (sulfide) groups is 1. The van der Waals surface area contributed by atoms with E-state index >= 15 is 0 Å². The molecule has 0 bridgehead atoms. The maximum Gasteiger partial charge on any atom is 0.232 e. The molecule has 1 unspecified atom stereocenters. The van der Waals surface area contributed by atoms with E-state index in [2.05, 4.69) is 0 Å². The van der Waals surface area contributed by atoms with E-state index in [-0.39, 0.29) is 18.8 Å². The SMILES string of the molecule is O=C(CSCCOc1ccccc1)N1CCOC(COc2ccc3c(c2)OCO3)C1. The second-order valence-electron chi connectivity index (χ2n) is 6.87. The number of amides is 1. The lowest BCUT2D eigenvalue weighted by Crippen LogP contribution is -2.48. The summed E-state index contributed by atoms with van der Waals surface area (Å²) in [6.07, 6.45) is -0.153. The van der Waals surface area contributed by atoms with Crippen LogP contribution in [-0.2, 0) is 9.53 Å². The number of nitrogens with zero attached hydrogens (tertiary/aromatic N) is 1. The van der Waals surface area contributed by atoms with Gasteiger partial charge in [0, 0.05) is 18.4 Å². The standard InChI is InChI=1S/C22H25NO6S/c24-22(15-30-11-10-26-17-4-2-1-3-5-17)23-8-9-25-19(13-23)14-27-18-6-7-20-21(12-18)29-16-28-20/h1-7,12,19H,8-11,13-16H2. The minimum Gasteiger partial charge on any atom is -0.493 e. The van der Waals surface area contributed by atoms with Crippen LogP contribution in [0.1, 0.15) is 0 Å². The van der Waals surface area contributed by atoms with Crippen LogP contribution in [0.4, 0.5) is 0 Å². The summed E-state index contributed by atoms with van der Waals surface area (Å²) >= 11 is 1.58. The summed E-state index contributed by atoms with van der Waals surface area (Å²) in [6, 6.07) is 15.2. The van der Waals surface area contributed by atoms with Crippen LogP contribution in [0.5, 0.6) is 23.0 Å². The maximum atomic E-state index is 12.5. The highest BCUT2D eigenvalue weighted by Crippen LogP contribution is 2.35. The largest absolute Gasteiger partial charge is 0.493 e. The van der Waals surface area contributed by atoms with Crippen molar-refractivity contribution < 1.29 is 28.5 Å². The number of benzene rings is 2. The van der Waals surface area contributed by atoms with Crippen LogP contribution in [-0.4, -0.2) is 68.1 Å². The number of rotatable bonds is 9. The zero-order chi connectivity index (χ0) is 20.6. The van der Waals surface area contributed by atoms with Gasteiger partial charge in [-0.1, -0.05) is 18.2 Å². The van der Waals surface area contributed by atoms with Crippen molar-refractivity contribution in [3.63, 3.8) is 0 Å². The van der Waals surface area contributed by atoms with Gasteiger partial charge in [0.2, 0.25) is 12.7 Å². The number of morpholine rings is 1. The van der Waals surface area contributed by atoms with E-state index in [1.165, 1.54) is 0 Å². The summed E-state index contributed by atoms with van der Waals surface area (Å²) in [5.41, 5.74) is 0. The van der Waals surface area contributed by atoms with Crippen molar-refractivity contribution in [2.24, 2.45) is 0 Å². The van der Waals surface area contributed by atoms with Gasteiger partial charge in [-0.2, -0.15) is 0 Å². The molecule has 0 aromatic heterocycles. The summed E-state index contributed by atoms with van der Waals surface area (Å²) in [5.74, 6) is 4.27. The highest BCUT2D eigenvalue weighted by atomic mass is 32.2. The molecule has 8 heteroatoms. The Hall–Kier alpha value is -2.58. The van der Waals surface area contributed by atoms with Crippen molar-refractivity contribution in [3.05, 3.63) is 48.5 Å². The van der Waals surface area contributed by atoms with Gasteiger partial charge in [0.05, 0.1) is 25.5 Å². The Labute approximate surface area is 180 Å². The number of carbonyl (C=O) groups is 1. The number of para-hydroxylation sites is 1. The van der Waals surface area contributed by atoms with E-state index in [9.17, 15) is 4.79 Å². The summed E-state index contributed by atoms with van der Waals surface area (Å²) in [4.78, 5) is 14.4. The highest BCUT2D eigenvalue weighted by Gasteiger charge is 2.25. The van der Waals surface area contributed by atoms with Crippen LogP contribution < -0.4 is 18.9 Å². The Balaban J connectivity index is 1.15. The second-order valence-corrected chi connectivity index (χ2v) is 7.98. The first kappa shape index (κ1) is 20.7. The first-order valence-corrected chi connectivity index (χ1v) is 11.1. The summed E-state index contributed by atoms with van der Waals surface area (Å²) in [6.45, 7) is 2.85. The molecule has 0 spiro atoms. The first-order chi connectivity index (χ1) is 14.8. The summed E-state index contributed by atoms with van der Waals surface area (Å²) in [7, 11) is 0. The molecule has 0 aliphatic carbocycles. The van der Waals surface area contributed by atoms with Gasteiger partial charge in [-0.25, -0.2) is 0 Å². The molecule has 1 atom stereocenters. The van der Waals surface area contributed by atoms with E-state index in [4.69, 9.17) is 23.7 Å². The van der Waals surface area contributed by atoms with E-state index < -0.39 is 0 Å². The van der Waals surface area contributed by atoms with Crippen molar-refractivity contribution in [2.75, 3.05) is 51.2 Å². The van der Waals surface area contributed by atoms with Crippen molar-refractivity contribution in [2.45, 2.75) is 6.10 Å². The molecule has 2 aromatic rings. The zero-order valence-electron chi connectivity index (χ0n) is 16.7. The Bertz CT molecular complexity index is 834. The molecule has 1 fully saturated rings. The lowest BCUT2D eigenvalue weighted by atomic mass is 10.2. The molecule has 1 saturated heterocycles. The molecule has 0 N–H and O–H groups in total. The molecule has 2 aliphatic rings. The van der Waals surface area contributed by atoms with Crippen molar-refractivity contribution >= 4 is 17.7 Å². The van der Waals surface area contributed by atoms with Gasteiger partial charge >= 0.3 is 0 Å². The molecule has 2 aliphatic heterocycles. The third-order valence-electron chi connectivity index (χ3n) is 4.74. The number of fused-ring (bicyclic) bond motifs is 1. The fourth-order valence-electron chi connectivity index (χ4n) is 3.19. The van der Waals surface area contributed by atoms with Gasteiger partial charge < -0.3 is 28.6 Å². The fraction of sp³-hybridized carbons (Fsp3) is 0.409. The third-order valence-corrected chi connectivity index (χ3v) is 5.64. The summed E-state index contributed by atoms with van der Waals surface area (Å²) in [5, 5.41) is 0. The van der Waals surface area contributed by atoms with E-state index in [1.54, 1.807) is 11.8 Å². The molecule has 4 rings (SSSR count). The summed E-state index contributed by atoms with van der Waals surface area (Å²) < 4.78 is 27.9. The van der Waals surface area contributed by atoms with Crippen molar-refractivity contribution in [1.29, 1.82) is 0 Å². The van der Waals surface area contributed by atoms with Crippen LogP contribution in [0.25, 0.3) is 0 Å². The first-order valence-electron chi connectivity index (χ1n) is 9.95. The predicted octanol–water partition coefficient (Wildman–Crippen LogP) is 2.83. The molecular weight excluding hydrogens is 406 g/mol. The van der Waals surface area contributed by atoms with Gasteiger partial charge in [-0.3, -0.25) is 4.79 Å². The quantitative estimate of drug-likeness (QED) is 0.566. The topological polar surface area (TPSA) is 66.5 Å². The number of hydrogen-bond donors (Lipinski definition) is 0. The fourth-order valence-corrected chi connectivity index (χ4v) is 3.89. The zero-order valence-corrected chi connectivity index (χ0v) is 17.5. The van der Waals surface area contributed by atoms with E-state index in [0.29, 0.717) is 50.2 Å². The van der Waals surface area contributed by atoms with Crippen LogP contribution >= 0.6 is 11.8 Å². The molecule has 1 amide bonds. The Kier molecular flexibility index (Phi) is 7.20. The lowest BCUT2D eigenvalue weighted by Gasteiger charge is -2.32.